The molecule has 10 heteroatoms. The van der Waals surface area contributed by atoms with Gasteiger partial charge in [-0.2, -0.15) is 5.10 Å². The van der Waals surface area contributed by atoms with E-state index in [1.54, 1.807) is 48.7 Å². The number of rotatable bonds is 6. The van der Waals surface area contributed by atoms with E-state index in [1.807, 2.05) is 6.92 Å². The van der Waals surface area contributed by atoms with E-state index in [1.165, 1.54) is 16.7 Å². The van der Waals surface area contributed by atoms with Crippen LogP contribution in [0.2, 0.25) is 0 Å². The standard InChI is InChI=1S/C21H16N4O4S2/c1-2-29-17-8-6-15(7-9-17)24-20(30)18(31-21(24)26)11-14-12-22-23-19(14)13-4-3-5-16(10-13)25(27)28/h3-12,30H,2H2,1H3. The second-order valence-electron chi connectivity index (χ2n) is 6.42. The van der Waals surface area contributed by atoms with Crippen molar-refractivity contribution < 1.29 is 9.66 Å². The number of allylic oxidation sites excluding steroid dienone is 1. The summed E-state index contributed by atoms with van der Waals surface area (Å²) in [7, 11) is 0. The van der Waals surface area contributed by atoms with Crippen LogP contribution in [-0.4, -0.2) is 28.0 Å². The van der Waals surface area contributed by atoms with Crippen molar-refractivity contribution in [3.8, 4) is 11.4 Å². The fourth-order valence-electron chi connectivity index (χ4n) is 3.07. The fraction of sp³-hybridized carbons (Fsp3) is 0.0952. The topological polar surface area (TPSA) is 99.1 Å². The molecule has 0 atom stereocenters. The summed E-state index contributed by atoms with van der Waals surface area (Å²) in [5, 5.41) is 19.6. The van der Waals surface area contributed by atoms with Gasteiger partial charge in [0.25, 0.3) is 5.69 Å². The minimum absolute atomic E-state index is 0.0346. The first-order chi connectivity index (χ1) is 15.0. The van der Waals surface area contributed by atoms with Gasteiger partial charge in [0.2, 0.25) is 0 Å². The monoisotopic (exact) mass is 452 g/mol. The lowest BCUT2D eigenvalue weighted by atomic mass is 10.0. The molecule has 2 aromatic carbocycles. The minimum atomic E-state index is -0.461. The van der Waals surface area contributed by atoms with E-state index in [0.717, 1.165) is 17.1 Å². The van der Waals surface area contributed by atoms with Crippen LogP contribution in [0.15, 0.2) is 74.1 Å². The van der Waals surface area contributed by atoms with Gasteiger partial charge >= 0.3 is 4.87 Å². The number of nitro groups is 1. The van der Waals surface area contributed by atoms with Crippen molar-refractivity contribution >= 4 is 47.7 Å². The van der Waals surface area contributed by atoms with Crippen LogP contribution in [0.3, 0.4) is 0 Å². The smallest absolute Gasteiger partial charge is 0.313 e. The van der Waals surface area contributed by atoms with E-state index < -0.39 is 4.92 Å². The highest BCUT2D eigenvalue weighted by atomic mass is 32.1. The van der Waals surface area contributed by atoms with Crippen LogP contribution in [0.1, 0.15) is 17.4 Å². The number of benzene rings is 2. The Kier molecular flexibility index (Phi) is 5.83. The summed E-state index contributed by atoms with van der Waals surface area (Å²) in [5.41, 5.74) is 2.33. The van der Waals surface area contributed by atoms with Gasteiger partial charge in [0, 0.05) is 23.3 Å². The van der Waals surface area contributed by atoms with Crippen LogP contribution in [0.25, 0.3) is 11.8 Å². The molecule has 2 heterocycles. The summed E-state index contributed by atoms with van der Waals surface area (Å²) in [4.78, 5) is 23.7. The molecular formula is C21H16N4O4S2. The number of hydrogen-bond acceptors (Lipinski definition) is 8. The Bertz CT molecular complexity index is 1300. The van der Waals surface area contributed by atoms with Gasteiger partial charge in [-0.25, -0.2) is 0 Å². The second kappa shape index (κ2) is 8.70. The van der Waals surface area contributed by atoms with Crippen molar-refractivity contribution in [1.29, 1.82) is 0 Å². The van der Waals surface area contributed by atoms with Gasteiger partial charge in [-0.05, 0) is 37.3 Å². The summed E-state index contributed by atoms with van der Waals surface area (Å²) in [6.07, 6.45) is 3.31. The highest BCUT2D eigenvalue weighted by molar-refractivity contribution is 7.80. The molecule has 0 saturated heterocycles. The zero-order valence-corrected chi connectivity index (χ0v) is 18.0. The Balaban J connectivity index is 1.69. The fourth-order valence-corrected chi connectivity index (χ4v) is 4.39. The van der Waals surface area contributed by atoms with Crippen molar-refractivity contribution in [2.45, 2.75) is 11.9 Å². The van der Waals surface area contributed by atoms with E-state index >= 15 is 0 Å². The Labute approximate surface area is 186 Å². The molecule has 1 aliphatic rings. The lowest BCUT2D eigenvalue weighted by Crippen LogP contribution is -2.10. The van der Waals surface area contributed by atoms with E-state index in [0.29, 0.717) is 39.0 Å². The van der Waals surface area contributed by atoms with Gasteiger partial charge in [-0.1, -0.05) is 23.5 Å². The van der Waals surface area contributed by atoms with Crippen molar-refractivity contribution in [2.75, 3.05) is 6.61 Å². The van der Waals surface area contributed by atoms with E-state index in [2.05, 4.69) is 22.8 Å². The van der Waals surface area contributed by atoms with Crippen LogP contribution >= 0.6 is 24.0 Å². The van der Waals surface area contributed by atoms with Crippen molar-refractivity contribution in [2.24, 2.45) is 10.2 Å². The third-order valence-electron chi connectivity index (χ3n) is 4.46. The first kappa shape index (κ1) is 20.8. The Morgan fingerprint density at radius 1 is 1.26 bits per heavy atom. The molecule has 0 bridgehead atoms. The van der Waals surface area contributed by atoms with E-state index in [9.17, 15) is 14.9 Å². The molecule has 0 radical (unpaired) electrons. The highest BCUT2D eigenvalue weighted by Gasteiger charge is 2.19. The van der Waals surface area contributed by atoms with E-state index in [-0.39, 0.29) is 10.6 Å². The highest BCUT2D eigenvalue weighted by Crippen LogP contribution is 2.27. The molecule has 0 aliphatic carbocycles. The van der Waals surface area contributed by atoms with Gasteiger partial charge in [0.1, 0.15) is 11.5 Å². The third-order valence-corrected chi connectivity index (χ3v) is 5.94. The predicted molar refractivity (Wildman–Crippen MR) is 124 cm³/mol. The van der Waals surface area contributed by atoms with Crippen molar-refractivity contribution in [3.63, 3.8) is 0 Å². The molecule has 0 unspecified atom stereocenters. The first-order valence-electron chi connectivity index (χ1n) is 9.24. The van der Waals surface area contributed by atoms with Crippen LogP contribution < -0.4 is 9.61 Å². The van der Waals surface area contributed by atoms with Crippen molar-refractivity contribution in [1.82, 2.24) is 4.57 Å². The third kappa shape index (κ3) is 4.21. The molecule has 0 spiro atoms. The predicted octanol–water partition coefficient (Wildman–Crippen LogP) is 4.37. The molecule has 8 nitrogen and oxygen atoms in total. The molecular weight excluding hydrogens is 436 g/mol. The molecule has 0 saturated carbocycles. The second-order valence-corrected chi connectivity index (χ2v) is 7.84. The van der Waals surface area contributed by atoms with Gasteiger partial charge in [0.15, 0.2) is 0 Å². The maximum absolute atomic E-state index is 12.7. The van der Waals surface area contributed by atoms with E-state index in [4.69, 9.17) is 4.74 Å². The number of ether oxygens (including phenoxy) is 1. The molecule has 1 aromatic heterocycles. The summed E-state index contributed by atoms with van der Waals surface area (Å²) in [5.74, 6) is 0.720. The van der Waals surface area contributed by atoms with Gasteiger partial charge in [-0.3, -0.25) is 19.5 Å². The average Bonchev–Trinajstić information content (AvgIpc) is 3.33. The number of thiazole rings is 1. The number of non-ortho nitro benzene ring substituents is 1. The molecule has 0 fully saturated rings. The van der Waals surface area contributed by atoms with Crippen LogP contribution in [-0.2, 0) is 0 Å². The van der Waals surface area contributed by atoms with Gasteiger partial charge in [0.05, 0.1) is 33.3 Å². The normalized spacial score (nSPS) is 14.1. The maximum Gasteiger partial charge on any atom is 0.313 e. The van der Waals surface area contributed by atoms with Gasteiger partial charge < -0.3 is 4.74 Å². The number of nitro benzene ring substituents is 1. The summed E-state index contributed by atoms with van der Waals surface area (Å²) in [6, 6.07) is 13.4. The Hall–Kier alpha value is -3.50. The first-order valence-corrected chi connectivity index (χ1v) is 10.5. The molecule has 4 rings (SSSR count). The van der Waals surface area contributed by atoms with Gasteiger partial charge in [-0.15, -0.1) is 17.7 Å². The Morgan fingerprint density at radius 2 is 2.03 bits per heavy atom. The molecule has 156 valence electrons. The minimum Gasteiger partial charge on any atom is -0.494 e. The molecule has 0 N–H and O–H groups in total. The zero-order chi connectivity index (χ0) is 22.0. The molecule has 31 heavy (non-hydrogen) atoms. The largest absolute Gasteiger partial charge is 0.494 e. The molecule has 1 aliphatic heterocycles. The van der Waals surface area contributed by atoms with Crippen LogP contribution in [0.5, 0.6) is 5.75 Å². The number of aromatic nitrogens is 1. The van der Waals surface area contributed by atoms with Crippen LogP contribution in [0.4, 0.5) is 5.69 Å². The summed E-state index contributed by atoms with van der Waals surface area (Å²) >= 11 is 5.61. The van der Waals surface area contributed by atoms with Crippen molar-refractivity contribution in [3.05, 3.63) is 84.3 Å². The zero-order valence-electron chi connectivity index (χ0n) is 16.3. The quantitative estimate of drug-likeness (QED) is 0.341. The molecule has 0 amide bonds. The van der Waals surface area contributed by atoms with Crippen LogP contribution in [0, 0.1) is 10.1 Å². The number of nitrogens with zero attached hydrogens (tertiary/aromatic N) is 4. The summed E-state index contributed by atoms with van der Waals surface area (Å²) in [6.45, 7) is 2.46. The maximum atomic E-state index is 12.7. The summed E-state index contributed by atoms with van der Waals surface area (Å²) < 4.78 is 6.95. The number of hydrogen-bond donors (Lipinski definition) is 1. The average molecular weight is 453 g/mol. The lowest BCUT2D eigenvalue weighted by Gasteiger charge is -2.07. The number of thiol groups is 1. The Morgan fingerprint density at radius 3 is 2.74 bits per heavy atom. The molecule has 3 aromatic rings. The SMILES string of the molecule is CCOc1ccc(-n2c(S)c(C=C3C=NN=C3c3cccc([N+](=O)[O-])c3)sc2=O)cc1. The lowest BCUT2D eigenvalue weighted by molar-refractivity contribution is -0.384.